The van der Waals surface area contributed by atoms with Gasteiger partial charge in [0.1, 0.15) is 5.75 Å². The summed E-state index contributed by atoms with van der Waals surface area (Å²) < 4.78 is 5.21. The zero-order chi connectivity index (χ0) is 14.1. The van der Waals surface area contributed by atoms with Gasteiger partial charge in [0.25, 0.3) is 0 Å². The zero-order valence-corrected chi connectivity index (χ0v) is 12.2. The Balaban J connectivity index is 2.05. The summed E-state index contributed by atoms with van der Waals surface area (Å²) in [6, 6.07) is 11.6. The van der Waals surface area contributed by atoms with Gasteiger partial charge < -0.3 is 4.74 Å². The molecule has 0 unspecified atom stereocenters. The lowest BCUT2D eigenvalue weighted by Crippen LogP contribution is -2.01. The molecule has 0 bridgehead atoms. The molecule has 100 valence electrons. The van der Waals surface area contributed by atoms with E-state index in [1.54, 1.807) is 18.4 Å². The molecule has 3 aromatic rings. The van der Waals surface area contributed by atoms with Crippen molar-refractivity contribution in [2.24, 2.45) is 0 Å². The van der Waals surface area contributed by atoms with Gasteiger partial charge in [-0.05, 0) is 46.8 Å². The van der Waals surface area contributed by atoms with Gasteiger partial charge in [0.2, 0.25) is 0 Å². The van der Waals surface area contributed by atoms with Gasteiger partial charge in [-0.1, -0.05) is 18.2 Å². The topological polar surface area (TPSA) is 26.3 Å². The fraction of sp³-hybridized carbons (Fsp3) is 0.118. The third-order valence-corrected chi connectivity index (χ3v) is 4.27. The van der Waals surface area contributed by atoms with Crippen molar-refractivity contribution in [3.63, 3.8) is 0 Å². The molecule has 0 aliphatic carbocycles. The highest BCUT2D eigenvalue weighted by Gasteiger charge is 2.12. The maximum atomic E-state index is 12.5. The minimum Gasteiger partial charge on any atom is -0.497 e. The molecule has 1 heterocycles. The average molecular weight is 282 g/mol. The Kier molecular flexibility index (Phi) is 3.28. The maximum absolute atomic E-state index is 12.5. The molecule has 0 radical (unpaired) electrons. The predicted octanol–water partition coefficient (Wildman–Crippen LogP) is 4.45. The van der Waals surface area contributed by atoms with Crippen LogP contribution in [0.15, 0.2) is 47.2 Å². The van der Waals surface area contributed by atoms with Crippen LogP contribution in [-0.4, -0.2) is 12.9 Å². The molecule has 0 atom stereocenters. The van der Waals surface area contributed by atoms with Crippen LogP contribution in [0.3, 0.4) is 0 Å². The normalized spacial score (nSPS) is 10.7. The summed E-state index contributed by atoms with van der Waals surface area (Å²) in [7, 11) is 1.65. The number of methoxy groups -OCH3 is 1. The number of carbonyl (C=O) groups excluding carboxylic acids is 1. The minimum atomic E-state index is 0.0847. The molecule has 0 saturated heterocycles. The van der Waals surface area contributed by atoms with Crippen molar-refractivity contribution in [2.45, 2.75) is 6.92 Å². The summed E-state index contributed by atoms with van der Waals surface area (Å²) in [6.07, 6.45) is 0. The van der Waals surface area contributed by atoms with Crippen molar-refractivity contribution >= 4 is 27.9 Å². The Hall–Kier alpha value is -2.13. The lowest BCUT2D eigenvalue weighted by molar-refractivity contribution is 0.103. The van der Waals surface area contributed by atoms with E-state index < -0.39 is 0 Å². The zero-order valence-electron chi connectivity index (χ0n) is 11.3. The molecular weight excluding hydrogens is 268 g/mol. The molecule has 0 saturated carbocycles. The number of hydrogen-bond donors (Lipinski definition) is 0. The first-order valence-corrected chi connectivity index (χ1v) is 7.28. The van der Waals surface area contributed by atoms with Crippen molar-refractivity contribution in [1.82, 2.24) is 0 Å². The van der Waals surface area contributed by atoms with Gasteiger partial charge in [-0.3, -0.25) is 4.79 Å². The Labute approximate surface area is 121 Å². The van der Waals surface area contributed by atoms with E-state index in [4.69, 9.17) is 4.74 Å². The van der Waals surface area contributed by atoms with Crippen molar-refractivity contribution in [3.05, 3.63) is 63.8 Å². The molecular formula is C17H14O2S. The number of ketones is 1. The van der Waals surface area contributed by atoms with E-state index in [9.17, 15) is 4.79 Å². The van der Waals surface area contributed by atoms with E-state index in [1.165, 1.54) is 0 Å². The van der Waals surface area contributed by atoms with Crippen molar-refractivity contribution in [1.29, 1.82) is 0 Å². The van der Waals surface area contributed by atoms with Crippen LogP contribution in [0, 0.1) is 6.92 Å². The van der Waals surface area contributed by atoms with Crippen LogP contribution in [0.5, 0.6) is 5.75 Å². The Bertz CT molecular complexity index is 787. The lowest BCUT2D eigenvalue weighted by atomic mass is 10.00. The van der Waals surface area contributed by atoms with E-state index in [1.807, 2.05) is 54.1 Å². The standard InChI is InChI=1S/C17H14O2S/c1-11-9-20-10-16(11)17(18)14-4-3-13-8-15(19-2)6-5-12(13)7-14/h3-10H,1-2H3. The molecule has 2 nitrogen and oxygen atoms in total. The molecule has 1 aromatic heterocycles. The molecule has 0 spiro atoms. The van der Waals surface area contributed by atoms with E-state index in [0.29, 0.717) is 0 Å². The van der Waals surface area contributed by atoms with E-state index in [0.717, 1.165) is 33.2 Å². The summed E-state index contributed by atoms with van der Waals surface area (Å²) in [6.45, 7) is 1.97. The number of ether oxygens (including phenoxy) is 1. The van der Waals surface area contributed by atoms with Gasteiger partial charge in [0.15, 0.2) is 5.78 Å². The molecule has 0 fully saturated rings. The van der Waals surface area contributed by atoms with E-state index in [-0.39, 0.29) is 5.78 Å². The van der Waals surface area contributed by atoms with Crippen molar-refractivity contribution in [3.8, 4) is 5.75 Å². The third kappa shape index (κ3) is 2.21. The van der Waals surface area contributed by atoms with Crippen LogP contribution >= 0.6 is 11.3 Å². The second-order valence-electron chi connectivity index (χ2n) is 4.73. The summed E-state index contributed by atoms with van der Waals surface area (Å²) in [5, 5.41) is 6.03. The van der Waals surface area contributed by atoms with E-state index >= 15 is 0 Å². The molecule has 0 N–H and O–H groups in total. The molecule has 20 heavy (non-hydrogen) atoms. The Morgan fingerprint density at radius 3 is 2.50 bits per heavy atom. The fourth-order valence-corrected chi connectivity index (χ4v) is 3.07. The maximum Gasteiger partial charge on any atom is 0.194 e. The SMILES string of the molecule is COc1ccc2cc(C(=O)c3cscc3C)ccc2c1. The number of benzene rings is 2. The molecule has 3 heteroatoms. The minimum absolute atomic E-state index is 0.0847. The van der Waals surface area contributed by atoms with E-state index in [2.05, 4.69) is 0 Å². The highest BCUT2D eigenvalue weighted by atomic mass is 32.1. The predicted molar refractivity (Wildman–Crippen MR) is 83.0 cm³/mol. The first-order valence-electron chi connectivity index (χ1n) is 6.34. The number of hydrogen-bond acceptors (Lipinski definition) is 3. The van der Waals surface area contributed by atoms with Gasteiger partial charge in [-0.25, -0.2) is 0 Å². The van der Waals surface area contributed by atoms with Crippen LogP contribution < -0.4 is 4.74 Å². The first kappa shape index (κ1) is 12.9. The summed E-state index contributed by atoms with van der Waals surface area (Å²) in [5.41, 5.74) is 2.56. The number of carbonyl (C=O) groups is 1. The van der Waals surface area contributed by atoms with Gasteiger partial charge in [-0.2, -0.15) is 11.3 Å². The number of fused-ring (bicyclic) bond motifs is 1. The number of rotatable bonds is 3. The van der Waals surface area contributed by atoms with Crippen molar-refractivity contribution in [2.75, 3.05) is 7.11 Å². The largest absolute Gasteiger partial charge is 0.497 e. The molecule has 2 aromatic carbocycles. The lowest BCUT2D eigenvalue weighted by Gasteiger charge is -2.05. The molecule has 0 aliphatic heterocycles. The van der Waals surface area contributed by atoms with Gasteiger partial charge >= 0.3 is 0 Å². The smallest absolute Gasteiger partial charge is 0.194 e. The molecule has 0 amide bonds. The monoisotopic (exact) mass is 282 g/mol. The first-order chi connectivity index (χ1) is 9.69. The second-order valence-corrected chi connectivity index (χ2v) is 5.47. The summed E-state index contributed by atoms with van der Waals surface area (Å²) in [4.78, 5) is 12.5. The molecule has 0 aliphatic rings. The average Bonchev–Trinajstić information content (AvgIpc) is 2.91. The number of aryl methyl sites for hydroxylation is 1. The summed E-state index contributed by atoms with van der Waals surface area (Å²) in [5.74, 6) is 0.909. The van der Waals surface area contributed by atoms with Crippen LogP contribution in [0.1, 0.15) is 21.5 Å². The van der Waals surface area contributed by atoms with Gasteiger partial charge in [0, 0.05) is 16.5 Å². The van der Waals surface area contributed by atoms with Crippen LogP contribution in [0.25, 0.3) is 10.8 Å². The highest BCUT2D eigenvalue weighted by Crippen LogP contribution is 2.24. The highest BCUT2D eigenvalue weighted by molar-refractivity contribution is 7.08. The Morgan fingerprint density at radius 1 is 1.05 bits per heavy atom. The summed E-state index contributed by atoms with van der Waals surface area (Å²) >= 11 is 1.56. The van der Waals surface area contributed by atoms with Crippen LogP contribution in [0.2, 0.25) is 0 Å². The molecule has 3 rings (SSSR count). The fourth-order valence-electron chi connectivity index (χ4n) is 2.24. The van der Waals surface area contributed by atoms with Gasteiger partial charge in [0.05, 0.1) is 7.11 Å². The van der Waals surface area contributed by atoms with Crippen molar-refractivity contribution < 1.29 is 9.53 Å². The third-order valence-electron chi connectivity index (χ3n) is 3.41. The van der Waals surface area contributed by atoms with Crippen LogP contribution in [0.4, 0.5) is 0 Å². The number of thiophene rings is 1. The van der Waals surface area contributed by atoms with Crippen LogP contribution in [-0.2, 0) is 0 Å². The second kappa shape index (κ2) is 5.10. The quantitative estimate of drug-likeness (QED) is 0.663. The van der Waals surface area contributed by atoms with Gasteiger partial charge in [-0.15, -0.1) is 0 Å². The Morgan fingerprint density at radius 2 is 1.80 bits per heavy atom.